The zero-order chi connectivity index (χ0) is 15.4. The topological polar surface area (TPSA) is 59.0 Å². The van der Waals surface area contributed by atoms with E-state index >= 15 is 0 Å². The second-order valence-electron chi connectivity index (χ2n) is 4.45. The minimum Gasteiger partial charge on any atom is -0.508 e. The summed E-state index contributed by atoms with van der Waals surface area (Å²) in [6.45, 7) is 0. The van der Waals surface area contributed by atoms with Crippen LogP contribution >= 0.6 is 0 Å². The van der Waals surface area contributed by atoms with Crippen LogP contribution in [0, 0.1) is 0 Å². The molecule has 0 aromatic heterocycles. The summed E-state index contributed by atoms with van der Waals surface area (Å²) >= 11 is 0. The summed E-state index contributed by atoms with van der Waals surface area (Å²) in [5, 5.41) is 9.49. The fraction of sp³-hybridized carbons (Fsp3) is 0.188. The van der Waals surface area contributed by atoms with E-state index in [9.17, 15) is 9.90 Å². The van der Waals surface area contributed by atoms with Gasteiger partial charge in [-0.3, -0.25) is 4.79 Å². The maximum absolute atomic E-state index is 12.5. The summed E-state index contributed by atoms with van der Waals surface area (Å²) in [7, 11) is 4.71. The highest BCUT2D eigenvalue weighted by Crippen LogP contribution is 2.29. The highest BCUT2D eigenvalue weighted by atomic mass is 16.5. The fourth-order valence-corrected chi connectivity index (χ4v) is 1.98. The number of aromatic hydroxyl groups is 1. The standard InChI is InChI=1S/C16H17NO4/c1-17(12-5-4-6-13(18)10-12)16(19)11-7-8-14(20-2)15(9-11)21-3/h4-10,18H,1-3H3. The van der Waals surface area contributed by atoms with Gasteiger partial charge in [0.15, 0.2) is 11.5 Å². The molecular formula is C16H17NO4. The van der Waals surface area contributed by atoms with Crippen molar-refractivity contribution >= 4 is 11.6 Å². The molecule has 0 bridgehead atoms. The summed E-state index contributed by atoms with van der Waals surface area (Å²) in [5.41, 5.74) is 1.08. The molecule has 1 N–H and O–H groups in total. The van der Waals surface area contributed by atoms with Crippen LogP contribution in [-0.4, -0.2) is 32.3 Å². The number of methoxy groups -OCH3 is 2. The van der Waals surface area contributed by atoms with Crippen LogP contribution in [0.1, 0.15) is 10.4 Å². The van der Waals surface area contributed by atoms with Gasteiger partial charge in [-0.1, -0.05) is 6.07 Å². The normalized spacial score (nSPS) is 10.0. The molecule has 0 fully saturated rings. The van der Waals surface area contributed by atoms with Gasteiger partial charge in [-0.2, -0.15) is 0 Å². The molecule has 2 aromatic carbocycles. The van der Waals surface area contributed by atoms with Gasteiger partial charge >= 0.3 is 0 Å². The van der Waals surface area contributed by atoms with Crippen LogP contribution < -0.4 is 14.4 Å². The third-order valence-corrected chi connectivity index (χ3v) is 3.15. The second kappa shape index (κ2) is 6.17. The molecule has 0 heterocycles. The first-order valence-corrected chi connectivity index (χ1v) is 6.36. The number of amides is 1. The number of hydrogen-bond acceptors (Lipinski definition) is 4. The highest BCUT2D eigenvalue weighted by Gasteiger charge is 2.16. The Morgan fingerprint density at radius 3 is 2.38 bits per heavy atom. The molecule has 0 spiro atoms. The van der Waals surface area contributed by atoms with Gasteiger partial charge in [-0.25, -0.2) is 0 Å². The van der Waals surface area contributed by atoms with Crippen molar-refractivity contribution < 1.29 is 19.4 Å². The molecule has 5 heteroatoms. The molecule has 0 unspecified atom stereocenters. The molecule has 0 aliphatic rings. The fourth-order valence-electron chi connectivity index (χ4n) is 1.98. The van der Waals surface area contributed by atoms with Gasteiger partial charge in [0.1, 0.15) is 5.75 Å². The van der Waals surface area contributed by atoms with Crippen LogP contribution in [-0.2, 0) is 0 Å². The Bertz CT molecular complexity index is 654. The van der Waals surface area contributed by atoms with Crippen LogP contribution in [0.3, 0.4) is 0 Å². The van der Waals surface area contributed by atoms with Crippen LogP contribution in [0.15, 0.2) is 42.5 Å². The van der Waals surface area contributed by atoms with E-state index < -0.39 is 0 Å². The third-order valence-electron chi connectivity index (χ3n) is 3.15. The van der Waals surface area contributed by atoms with Crippen molar-refractivity contribution in [2.75, 3.05) is 26.2 Å². The van der Waals surface area contributed by atoms with E-state index in [1.165, 1.54) is 25.2 Å². The Labute approximate surface area is 123 Å². The number of carbonyl (C=O) groups is 1. The first-order chi connectivity index (χ1) is 10.1. The molecule has 2 rings (SSSR count). The molecule has 0 saturated heterocycles. The first kappa shape index (κ1) is 14.7. The molecular weight excluding hydrogens is 270 g/mol. The molecule has 0 saturated carbocycles. The number of phenolic OH excluding ortho intramolecular Hbond substituents is 1. The molecule has 21 heavy (non-hydrogen) atoms. The predicted octanol–water partition coefficient (Wildman–Crippen LogP) is 2.69. The zero-order valence-electron chi connectivity index (χ0n) is 12.2. The Morgan fingerprint density at radius 1 is 1.05 bits per heavy atom. The lowest BCUT2D eigenvalue weighted by Gasteiger charge is -2.18. The minimum absolute atomic E-state index is 0.111. The minimum atomic E-state index is -0.207. The average molecular weight is 287 g/mol. The zero-order valence-corrected chi connectivity index (χ0v) is 12.2. The van der Waals surface area contributed by atoms with Gasteiger partial charge in [0.25, 0.3) is 5.91 Å². The van der Waals surface area contributed by atoms with Crippen LogP contribution in [0.25, 0.3) is 0 Å². The molecule has 0 atom stereocenters. The lowest BCUT2D eigenvalue weighted by molar-refractivity contribution is 0.0992. The predicted molar refractivity (Wildman–Crippen MR) is 80.4 cm³/mol. The summed E-state index contributed by atoms with van der Waals surface area (Å²) in [6.07, 6.45) is 0. The largest absolute Gasteiger partial charge is 0.508 e. The van der Waals surface area contributed by atoms with Crippen LogP contribution in [0.4, 0.5) is 5.69 Å². The summed E-state index contributed by atoms with van der Waals surface area (Å²) in [5.74, 6) is 0.961. The van der Waals surface area contributed by atoms with Gasteiger partial charge in [0.2, 0.25) is 0 Å². The number of ether oxygens (including phenoxy) is 2. The van der Waals surface area contributed by atoms with Gasteiger partial charge in [-0.15, -0.1) is 0 Å². The van der Waals surface area contributed by atoms with Crippen molar-refractivity contribution in [3.8, 4) is 17.2 Å². The Morgan fingerprint density at radius 2 is 1.76 bits per heavy atom. The van der Waals surface area contributed by atoms with E-state index in [0.29, 0.717) is 22.7 Å². The second-order valence-corrected chi connectivity index (χ2v) is 4.45. The molecule has 0 radical (unpaired) electrons. The first-order valence-electron chi connectivity index (χ1n) is 6.36. The van der Waals surface area contributed by atoms with E-state index in [0.717, 1.165) is 0 Å². The maximum Gasteiger partial charge on any atom is 0.258 e. The number of benzene rings is 2. The Balaban J connectivity index is 2.31. The van der Waals surface area contributed by atoms with E-state index in [2.05, 4.69) is 0 Å². The number of carbonyl (C=O) groups excluding carboxylic acids is 1. The molecule has 5 nitrogen and oxygen atoms in total. The monoisotopic (exact) mass is 287 g/mol. The van der Waals surface area contributed by atoms with Crippen molar-refractivity contribution in [2.24, 2.45) is 0 Å². The average Bonchev–Trinajstić information content (AvgIpc) is 2.52. The van der Waals surface area contributed by atoms with Crippen LogP contribution in [0.5, 0.6) is 17.2 Å². The molecule has 1 amide bonds. The molecule has 0 aliphatic heterocycles. The maximum atomic E-state index is 12.5. The van der Waals surface area contributed by atoms with Crippen molar-refractivity contribution in [1.82, 2.24) is 0 Å². The number of hydrogen-bond donors (Lipinski definition) is 1. The van der Waals surface area contributed by atoms with Gasteiger partial charge in [0.05, 0.1) is 14.2 Å². The molecule has 0 aliphatic carbocycles. The summed E-state index contributed by atoms with van der Waals surface area (Å²) in [4.78, 5) is 13.9. The SMILES string of the molecule is COc1ccc(C(=O)N(C)c2cccc(O)c2)cc1OC. The number of phenols is 1. The lowest BCUT2D eigenvalue weighted by atomic mass is 10.1. The van der Waals surface area contributed by atoms with Gasteiger partial charge in [-0.05, 0) is 30.3 Å². The number of nitrogens with zero attached hydrogens (tertiary/aromatic N) is 1. The van der Waals surface area contributed by atoms with Crippen molar-refractivity contribution in [3.05, 3.63) is 48.0 Å². The summed E-state index contributed by atoms with van der Waals surface area (Å²) in [6, 6.07) is 11.5. The van der Waals surface area contributed by atoms with Crippen molar-refractivity contribution in [3.63, 3.8) is 0 Å². The third kappa shape index (κ3) is 3.08. The number of anilines is 1. The quantitative estimate of drug-likeness (QED) is 0.939. The highest BCUT2D eigenvalue weighted by molar-refractivity contribution is 6.06. The van der Waals surface area contributed by atoms with Gasteiger partial charge in [0, 0.05) is 24.4 Å². The van der Waals surface area contributed by atoms with E-state index in [1.807, 2.05) is 0 Å². The molecule has 2 aromatic rings. The summed E-state index contributed by atoms with van der Waals surface area (Å²) < 4.78 is 10.3. The smallest absolute Gasteiger partial charge is 0.258 e. The van der Waals surface area contributed by atoms with E-state index in [4.69, 9.17) is 9.47 Å². The Kier molecular flexibility index (Phi) is 4.33. The van der Waals surface area contributed by atoms with Crippen molar-refractivity contribution in [2.45, 2.75) is 0 Å². The van der Waals surface area contributed by atoms with Crippen molar-refractivity contribution in [1.29, 1.82) is 0 Å². The number of rotatable bonds is 4. The van der Waals surface area contributed by atoms with Gasteiger partial charge < -0.3 is 19.5 Å². The molecule has 110 valence electrons. The van der Waals surface area contributed by atoms with E-state index in [1.54, 1.807) is 43.4 Å². The lowest BCUT2D eigenvalue weighted by Crippen LogP contribution is -2.26. The van der Waals surface area contributed by atoms with Crippen LogP contribution in [0.2, 0.25) is 0 Å². The Hall–Kier alpha value is -2.69. The van der Waals surface area contributed by atoms with E-state index in [-0.39, 0.29) is 11.7 Å².